The average molecular weight is 473 g/mol. The van der Waals surface area contributed by atoms with E-state index in [0.29, 0.717) is 63.9 Å². The summed E-state index contributed by atoms with van der Waals surface area (Å²) in [6, 6.07) is 6.93. The van der Waals surface area contributed by atoms with Crippen LogP contribution in [0.4, 0.5) is 17.5 Å². The highest BCUT2D eigenvalue weighted by Gasteiger charge is 2.30. The van der Waals surface area contributed by atoms with E-state index in [0.717, 1.165) is 30.2 Å². The third-order valence-corrected chi connectivity index (χ3v) is 8.19. The zero-order valence-electron chi connectivity index (χ0n) is 18.7. The summed E-state index contributed by atoms with van der Waals surface area (Å²) in [6.45, 7) is 6.68. The van der Waals surface area contributed by atoms with Crippen molar-refractivity contribution in [3.8, 4) is 0 Å². The molecule has 4 heterocycles. The second-order valence-electron chi connectivity index (χ2n) is 8.53. The number of anilines is 3. The molecule has 0 spiro atoms. The van der Waals surface area contributed by atoms with Crippen LogP contribution in [0.5, 0.6) is 0 Å². The van der Waals surface area contributed by atoms with Crippen molar-refractivity contribution in [3.63, 3.8) is 0 Å². The van der Waals surface area contributed by atoms with Crippen LogP contribution in [-0.2, 0) is 26.0 Å². The summed E-state index contributed by atoms with van der Waals surface area (Å²) in [4.78, 5) is 25.5. The number of carbonyl (C=O) groups excluding carboxylic acids is 1. The van der Waals surface area contributed by atoms with Crippen molar-refractivity contribution >= 4 is 33.4 Å². The highest BCUT2D eigenvalue weighted by molar-refractivity contribution is 7.89. The molecule has 1 amide bonds. The number of rotatable bonds is 4. The summed E-state index contributed by atoms with van der Waals surface area (Å²) in [7, 11) is -3.62. The molecule has 0 saturated carbocycles. The number of piperazine rings is 1. The summed E-state index contributed by atoms with van der Waals surface area (Å²) in [5, 5.41) is 2.80. The van der Waals surface area contributed by atoms with E-state index in [1.165, 1.54) is 4.31 Å². The number of fused-ring (bicyclic) bond motifs is 1. The van der Waals surface area contributed by atoms with Crippen LogP contribution in [0.3, 0.4) is 0 Å². The minimum atomic E-state index is -3.62. The van der Waals surface area contributed by atoms with Gasteiger partial charge in [0.25, 0.3) is 0 Å². The van der Waals surface area contributed by atoms with Gasteiger partial charge in [0.1, 0.15) is 5.82 Å². The fourth-order valence-electron chi connectivity index (χ4n) is 4.43. The summed E-state index contributed by atoms with van der Waals surface area (Å²) in [5.74, 6) is 1.49. The third-order valence-electron chi connectivity index (χ3n) is 6.30. The first-order chi connectivity index (χ1) is 15.9. The predicted molar refractivity (Wildman–Crippen MR) is 124 cm³/mol. The molecule has 0 radical (unpaired) electrons. The van der Waals surface area contributed by atoms with Crippen molar-refractivity contribution in [2.45, 2.75) is 24.7 Å². The van der Waals surface area contributed by atoms with Gasteiger partial charge in [0.15, 0.2) is 0 Å². The molecule has 33 heavy (non-hydrogen) atoms. The lowest BCUT2D eigenvalue weighted by atomic mass is 10.0. The average Bonchev–Trinajstić information content (AvgIpc) is 2.84. The van der Waals surface area contributed by atoms with Gasteiger partial charge < -0.3 is 19.9 Å². The van der Waals surface area contributed by atoms with E-state index in [1.54, 1.807) is 18.2 Å². The monoisotopic (exact) mass is 472 g/mol. The molecule has 0 aliphatic carbocycles. The van der Waals surface area contributed by atoms with E-state index < -0.39 is 10.0 Å². The minimum Gasteiger partial charge on any atom is -0.378 e. The zero-order valence-corrected chi connectivity index (χ0v) is 19.5. The maximum absolute atomic E-state index is 13.3. The Labute approximate surface area is 193 Å². The molecule has 1 N–H and O–H groups in total. The van der Waals surface area contributed by atoms with Crippen molar-refractivity contribution in [1.29, 1.82) is 0 Å². The topological polar surface area (TPSA) is 108 Å². The number of nitrogens with zero attached hydrogens (tertiary/aromatic N) is 5. The normalized spacial score (nSPS) is 19.8. The molecule has 0 unspecified atom stereocenters. The van der Waals surface area contributed by atoms with Crippen molar-refractivity contribution in [1.82, 2.24) is 14.3 Å². The van der Waals surface area contributed by atoms with E-state index in [-0.39, 0.29) is 10.8 Å². The number of benzene rings is 1. The summed E-state index contributed by atoms with van der Waals surface area (Å²) in [6.07, 6.45) is 0.923. The highest BCUT2D eigenvalue weighted by atomic mass is 32.2. The van der Waals surface area contributed by atoms with Crippen molar-refractivity contribution in [2.24, 2.45) is 0 Å². The van der Waals surface area contributed by atoms with Crippen LogP contribution in [0.25, 0.3) is 0 Å². The Morgan fingerprint density at radius 1 is 0.939 bits per heavy atom. The second-order valence-corrected chi connectivity index (χ2v) is 10.5. The molecular formula is C22H28N6O4S. The van der Waals surface area contributed by atoms with E-state index in [4.69, 9.17) is 9.72 Å². The fraction of sp³-hybridized carbons (Fsp3) is 0.500. The van der Waals surface area contributed by atoms with Gasteiger partial charge in [-0.05, 0) is 37.1 Å². The largest absolute Gasteiger partial charge is 0.378 e. The van der Waals surface area contributed by atoms with Crippen LogP contribution in [-0.4, -0.2) is 81.1 Å². The number of morpholine rings is 1. The number of hydrogen-bond donors (Lipinski definition) is 1. The number of aromatic nitrogens is 2. The molecule has 0 bridgehead atoms. The first kappa shape index (κ1) is 22.1. The van der Waals surface area contributed by atoms with Crippen LogP contribution < -0.4 is 15.1 Å². The molecule has 0 atom stereocenters. The van der Waals surface area contributed by atoms with Crippen molar-refractivity contribution in [2.75, 3.05) is 67.6 Å². The summed E-state index contributed by atoms with van der Waals surface area (Å²) in [5.41, 5.74) is 2.44. The van der Waals surface area contributed by atoms with Crippen LogP contribution in [0.1, 0.15) is 17.7 Å². The molecule has 11 heteroatoms. The van der Waals surface area contributed by atoms with Gasteiger partial charge in [0.2, 0.25) is 21.9 Å². The van der Waals surface area contributed by atoms with Gasteiger partial charge in [0.05, 0.1) is 18.1 Å². The van der Waals surface area contributed by atoms with E-state index in [1.807, 2.05) is 17.9 Å². The number of ether oxygens (including phenoxy) is 1. The Bertz CT molecular complexity index is 1160. The van der Waals surface area contributed by atoms with Gasteiger partial charge in [-0.3, -0.25) is 4.79 Å². The van der Waals surface area contributed by atoms with Crippen LogP contribution in [0, 0.1) is 6.92 Å². The molecule has 10 nitrogen and oxygen atoms in total. The van der Waals surface area contributed by atoms with E-state index in [9.17, 15) is 13.2 Å². The van der Waals surface area contributed by atoms with Crippen LogP contribution in [0.2, 0.25) is 0 Å². The number of carbonyl (C=O) groups is 1. The maximum atomic E-state index is 13.3. The lowest BCUT2D eigenvalue weighted by Crippen LogP contribution is -2.49. The first-order valence-corrected chi connectivity index (χ1v) is 12.7. The quantitative estimate of drug-likeness (QED) is 0.703. The molecule has 3 aliphatic heterocycles. The number of aryl methyl sites for hydroxylation is 2. The summed E-state index contributed by atoms with van der Waals surface area (Å²) >= 11 is 0. The molecule has 1 aromatic heterocycles. The SMILES string of the molecule is Cc1cc(N2CCOCC2)nc(N2CCN(S(=O)(=O)c3ccc4c(c3)CCC(=O)N4)CC2)n1. The Morgan fingerprint density at radius 3 is 2.45 bits per heavy atom. The number of hydrogen-bond acceptors (Lipinski definition) is 8. The lowest BCUT2D eigenvalue weighted by molar-refractivity contribution is -0.116. The predicted octanol–water partition coefficient (Wildman–Crippen LogP) is 1.02. The Balaban J connectivity index is 1.29. The maximum Gasteiger partial charge on any atom is 0.243 e. The van der Waals surface area contributed by atoms with Gasteiger partial charge in [-0.2, -0.15) is 9.29 Å². The standard InChI is InChI=1S/C22H28N6O4S/c1-16-14-20(26-10-12-32-13-11-26)25-22(23-16)27-6-8-28(9-7-27)33(30,31)18-3-4-19-17(15-18)2-5-21(29)24-19/h3-4,14-15H,2,5-13H2,1H3,(H,24,29). The van der Waals surface area contributed by atoms with Gasteiger partial charge in [-0.1, -0.05) is 0 Å². The molecule has 3 aliphatic rings. The second kappa shape index (κ2) is 8.88. The molecule has 2 aromatic rings. The molecule has 2 fully saturated rings. The summed E-state index contributed by atoms with van der Waals surface area (Å²) < 4.78 is 33.5. The number of sulfonamides is 1. The Hall–Kier alpha value is -2.76. The fourth-order valence-corrected chi connectivity index (χ4v) is 5.90. The smallest absolute Gasteiger partial charge is 0.243 e. The van der Waals surface area contributed by atoms with Crippen molar-refractivity contribution < 1.29 is 17.9 Å². The number of nitrogens with one attached hydrogen (secondary N) is 1. The number of amides is 1. The highest BCUT2D eigenvalue weighted by Crippen LogP contribution is 2.28. The van der Waals surface area contributed by atoms with E-state index in [2.05, 4.69) is 15.2 Å². The molecule has 2 saturated heterocycles. The van der Waals surface area contributed by atoms with Gasteiger partial charge in [-0.25, -0.2) is 13.4 Å². The van der Waals surface area contributed by atoms with Gasteiger partial charge >= 0.3 is 0 Å². The lowest BCUT2D eigenvalue weighted by Gasteiger charge is -2.35. The van der Waals surface area contributed by atoms with Crippen LogP contribution >= 0.6 is 0 Å². The van der Waals surface area contributed by atoms with Crippen LogP contribution in [0.15, 0.2) is 29.2 Å². The van der Waals surface area contributed by atoms with Crippen molar-refractivity contribution in [3.05, 3.63) is 35.5 Å². The molecular weight excluding hydrogens is 444 g/mol. The van der Waals surface area contributed by atoms with Gasteiger partial charge in [0, 0.05) is 63.1 Å². The third kappa shape index (κ3) is 4.53. The van der Waals surface area contributed by atoms with E-state index >= 15 is 0 Å². The molecule has 1 aromatic carbocycles. The zero-order chi connectivity index (χ0) is 23.0. The minimum absolute atomic E-state index is 0.0376. The molecule has 176 valence electrons. The molecule has 5 rings (SSSR count). The first-order valence-electron chi connectivity index (χ1n) is 11.3. The Morgan fingerprint density at radius 2 is 1.70 bits per heavy atom. The Kier molecular flexibility index (Phi) is 5.94. The van der Waals surface area contributed by atoms with Gasteiger partial charge in [-0.15, -0.1) is 0 Å².